The molecule has 0 aliphatic heterocycles. The number of imidazole rings is 1. The number of carbonyl (C=O) groups is 1. The van der Waals surface area contributed by atoms with Gasteiger partial charge in [0.05, 0.1) is 13.2 Å². The summed E-state index contributed by atoms with van der Waals surface area (Å²) in [6.07, 6.45) is 2.74. The number of H-pyrrole nitrogens is 1. The largest absolute Gasteiger partial charge is 0.370 e. The lowest BCUT2D eigenvalue weighted by Gasteiger charge is -2.17. The third-order valence-corrected chi connectivity index (χ3v) is 5.37. The van der Waals surface area contributed by atoms with Gasteiger partial charge in [-0.15, -0.1) is 0 Å². The van der Waals surface area contributed by atoms with Crippen LogP contribution in [0.4, 0.5) is 0 Å². The van der Waals surface area contributed by atoms with Crippen LogP contribution in [-0.4, -0.2) is 50.2 Å². The molecule has 1 aromatic carbocycles. The Morgan fingerprint density at radius 1 is 1.16 bits per heavy atom. The SMILES string of the molecule is CCCCCn1c(=O)n(CCOCC(=O)N(C)Cc2ccccc2)c(=O)c2[nH]c(Cl)nc21. The molecule has 0 radical (unpaired) electrons. The van der Waals surface area contributed by atoms with Gasteiger partial charge in [-0.1, -0.05) is 50.1 Å². The van der Waals surface area contributed by atoms with E-state index in [-0.39, 0.29) is 42.1 Å². The Kier molecular flexibility index (Phi) is 8.24. The van der Waals surface area contributed by atoms with Crippen molar-refractivity contribution in [1.82, 2.24) is 24.0 Å². The van der Waals surface area contributed by atoms with E-state index in [0.29, 0.717) is 13.1 Å². The van der Waals surface area contributed by atoms with E-state index in [0.717, 1.165) is 29.4 Å². The minimum Gasteiger partial charge on any atom is -0.370 e. The summed E-state index contributed by atoms with van der Waals surface area (Å²) in [5.41, 5.74) is 0.496. The van der Waals surface area contributed by atoms with Crippen molar-refractivity contribution in [3.8, 4) is 0 Å². The molecule has 172 valence electrons. The third kappa shape index (κ3) is 5.66. The number of hydrogen-bond donors (Lipinski definition) is 1. The van der Waals surface area contributed by atoms with E-state index in [1.165, 1.54) is 4.57 Å². The van der Waals surface area contributed by atoms with Gasteiger partial charge in [0, 0.05) is 20.1 Å². The monoisotopic (exact) mass is 461 g/mol. The molecule has 0 spiro atoms. The van der Waals surface area contributed by atoms with Crippen molar-refractivity contribution >= 4 is 28.7 Å². The molecule has 3 aromatic rings. The van der Waals surface area contributed by atoms with E-state index >= 15 is 0 Å². The number of aromatic nitrogens is 4. The van der Waals surface area contributed by atoms with Gasteiger partial charge in [-0.2, -0.15) is 4.98 Å². The number of rotatable bonds is 11. The van der Waals surface area contributed by atoms with Crippen LogP contribution in [0.2, 0.25) is 5.28 Å². The Hall–Kier alpha value is -2.91. The molecule has 1 amide bonds. The lowest BCUT2D eigenvalue weighted by Crippen LogP contribution is -2.41. The Labute approximate surface area is 190 Å². The zero-order valence-electron chi connectivity index (χ0n) is 18.3. The molecule has 0 saturated carbocycles. The molecule has 0 saturated heterocycles. The maximum Gasteiger partial charge on any atom is 0.332 e. The zero-order valence-corrected chi connectivity index (χ0v) is 19.1. The first-order valence-electron chi connectivity index (χ1n) is 10.7. The highest BCUT2D eigenvalue weighted by Gasteiger charge is 2.17. The molecule has 0 atom stereocenters. The highest BCUT2D eigenvalue weighted by Crippen LogP contribution is 2.10. The lowest BCUT2D eigenvalue weighted by atomic mass is 10.2. The van der Waals surface area contributed by atoms with E-state index in [2.05, 4.69) is 16.9 Å². The number of fused-ring (bicyclic) bond motifs is 1. The summed E-state index contributed by atoms with van der Waals surface area (Å²) in [6.45, 7) is 2.91. The average Bonchev–Trinajstić information content (AvgIpc) is 3.17. The topological polar surface area (TPSA) is 102 Å². The van der Waals surface area contributed by atoms with Crippen molar-refractivity contribution in [2.45, 2.75) is 45.8 Å². The van der Waals surface area contributed by atoms with Crippen LogP contribution in [0.3, 0.4) is 0 Å². The van der Waals surface area contributed by atoms with Crippen molar-refractivity contribution in [3.05, 3.63) is 62.0 Å². The molecule has 0 unspecified atom stereocenters. The fourth-order valence-electron chi connectivity index (χ4n) is 3.43. The summed E-state index contributed by atoms with van der Waals surface area (Å²) in [5.74, 6) is -0.186. The van der Waals surface area contributed by atoms with Crippen LogP contribution in [0.25, 0.3) is 11.2 Å². The molecule has 0 aliphatic carbocycles. The average molecular weight is 462 g/mol. The van der Waals surface area contributed by atoms with Gasteiger partial charge in [-0.05, 0) is 23.6 Å². The number of benzene rings is 1. The number of likely N-dealkylation sites (N-methyl/N-ethyl adjacent to an activating group) is 1. The normalized spacial score (nSPS) is 11.2. The maximum atomic E-state index is 12.9. The van der Waals surface area contributed by atoms with Gasteiger partial charge in [0.2, 0.25) is 11.2 Å². The van der Waals surface area contributed by atoms with Crippen molar-refractivity contribution in [2.24, 2.45) is 0 Å². The molecule has 1 N–H and O–H groups in total. The molecule has 10 heteroatoms. The van der Waals surface area contributed by atoms with E-state index in [1.54, 1.807) is 11.9 Å². The van der Waals surface area contributed by atoms with Gasteiger partial charge in [0.1, 0.15) is 6.61 Å². The number of unbranched alkanes of at least 4 members (excludes halogenated alkanes) is 2. The summed E-state index contributed by atoms with van der Waals surface area (Å²) in [7, 11) is 1.70. The highest BCUT2D eigenvalue weighted by molar-refractivity contribution is 6.28. The Balaban J connectivity index is 1.65. The van der Waals surface area contributed by atoms with Crippen molar-refractivity contribution in [2.75, 3.05) is 20.3 Å². The second-order valence-electron chi connectivity index (χ2n) is 7.61. The minimum absolute atomic E-state index is 0.0215. The van der Waals surface area contributed by atoms with Crippen LogP contribution >= 0.6 is 11.6 Å². The maximum absolute atomic E-state index is 12.9. The Morgan fingerprint density at radius 2 is 1.91 bits per heavy atom. The molecule has 2 heterocycles. The molecular weight excluding hydrogens is 434 g/mol. The first-order valence-corrected chi connectivity index (χ1v) is 11.0. The summed E-state index contributed by atoms with van der Waals surface area (Å²) < 4.78 is 8.04. The number of nitrogens with zero attached hydrogens (tertiary/aromatic N) is 4. The molecule has 0 bridgehead atoms. The Morgan fingerprint density at radius 3 is 2.62 bits per heavy atom. The lowest BCUT2D eigenvalue weighted by molar-refractivity contribution is -0.135. The summed E-state index contributed by atoms with van der Waals surface area (Å²) in [6, 6.07) is 9.64. The van der Waals surface area contributed by atoms with Gasteiger partial charge >= 0.3 is 5.69 Å². The van der Waals surface area contributed by atoms with Gasteiger partial charge in [0.25, 0.3) is 5.56 Å². The highest BCUT2D eigenvalue weighted by atomic mass is 35.5. The number of nitrogens with one attached hydrogen (secondary N) is 1. The quantitative estimate of drug-likeness (QED) is 0.349. The number of aryl methyl sites for hydroxylation is 1. The number of hydrogen-bond acceptors (Lipinski definition) is 5. The predicted octanol–water partition coefficient (Wildman–Crippen LogP) is 2.41. The second kappa shape index (κ2) is 11.1. The zero-order chi connectivity index (χ0) is 23.1. The van der Waals surface area contributed by atoms with Crippen LogP contribution in [-0.2, 0) is 29.2 Å². The van der Waals surface area contributed by atoms with Crippen LogP contribution in [0.5, 0.6) is 0 Å². The van der Waals surface area contributed by atoms with Crippen LogP contribution < -0.4 is 11.2 Å². The number of halogens is 1. The Bertz CT molecular complexity index is 1170. The molecule has 32 heavy (non-hydrogen) atoms. The molecule has 0 aliphatic rings. The molecule has 0 fully saturated rings. The molecular formula is C22H28ClN5O4. The predicted molar refractivity (Wildman–Crippen MR) is 123 cm³/mol. The second-order valence-corrected chi connectivity index (χ2v) is 7.97. The number of ether oxygens (including phenoxy) is 1. The molecule has 3 rings (SSSR count). The number of aromatic amines is 1. The first kappa shape index (κ1) is 23.7. The van der Waals surface area contributed by atoms with Gasteiger partial charge in [-0.3, -0.25) is 18.7 Å². The minimum atomic E-state index is -0.507. The summed E-state index contributed by atoms with van der Waals surface area (Å²) in [5, 5.41) is 0.0572. The third-order valence-electron chi connectivity index (χ3n) is 5.19. The van der Waals surface area contributed by atoms with E-state index in [9.17, 15) is 14.4 Å². The summed E-state index contributed by atoms with van der Waals surface area (Å²) in [4.78, 5) is 46.4. The van der Waals surface area contributed by atoms with E-state index in [4.69, 9.17) is 16.3 Å². The smallest absolute Gasteiger partial charge is 0.332 e. The number of carbonyl (C=O) groups excluding carboxylic acids is 1. The van der Waals surface area contributed by atoms with Crippen LogP contribution in [0.1, 0.15) is 31.7 Å². The number of amides is 1. The molecule has 9 nitrogen and oxygen atoms in total. The van der Waals surface area contributed by atoms with E-state index in [1.807, 2.05) is 30.3 Å². The molecule has 2 aromatic heterocycles. The van der Waals surface area contributed by atoms with Crippen molar-refractivity contribution in [1.29, 1.82) is 0 Å². The van der Waals surface area contributed by atoms with Crippen LogP contribution in [0.15, 0.2) is 39.9 Å². The standard InChI is InChI=1S/C22H28ClN5O4/c1-3-4-8-11-27-19-18(24-21(23)25-19)20(30)28(22(27)31)12-13-32-15-17(29)26(2)14-16-9-6-5-7-10-16/h5-7,9-10H,3-4,8,11-15H2,1-2H3,(H,24,25). The van der Waals surface area contributed by atoms with Crippen molar-refractivity contribution < 1.29 is 9.53 Å². The van der Waals surface area contributed by atoms with E-state index < -0.39 is 11.2 Å². The van der Waals surface area contributed by atoms with Gasteiger partial charge in [0.15, 0.2) is 11.2 Å². The first-order chi connectivity index (χ1) is 15.4. The fourth-order valence-corrected chi connectivity index (χ4v) is 3.60. The van der Waals surface area contributed by atoms with Crippen molar-refractivity contribution in [3.63, 3.8) is 0 Å². The summed E-state index contributed by atoms with van der Waals surface area (Å²) >= 11 is 5.95. The van der Waals surface area contributed by atoms with Crippen LogP contribution in [0, 0.1) is 0 Å². The fraction of sp³-hybridized carbons (Fsp3) is 0.455. The van der Waals surface area contributed by atoms with Gasteiger partial charge in [-0.25, -0.2) is 4.79 Å². The van der Waals surface area contributed by atoms with Gasteiger partial charge < -0.3 is 14.6 Å².